The van der Waals surface area contributed by atoms with Gasteiger partial charge < -0.3 is 10.2 Å². The first-order chi connectivity index (χ1) is 8.21. The molecular weight excluding hydrogens is 234 g/mol. The highest BCUT2D eigenvalue weighted by atomic mass is 32.1. The number of thiophene rings is 1. The van der Waals surface area contributed by atoms with E-state index in [9.17, 15) is 4.79 Å². The Morgan fingerprint density at radius 1 is 1.53 bits per heavy atom. The normalized spacial score (nSPS) is 30.4. The molecule has 1 N–H and O–H groups in total. The Bertz CT molecular complexity index is 411. The number of amides is 1. The summed E-state index contributed by atoms with van der Waals surface area (Å²) in [6.45, 7) is 3.37. The average molecular weight is 251 g/mol. The number of anilines is 1. The first kappa shape index (κ1) is 11.2. The molecule has 1 aromatic heterocycles. The second-order valence-corrected chi connectivity index (χ2v) is 5.75. The molecule has 3 rings (SSSR count). The van der Waals surface area contributed by atoms with Gasteiger partial charge in [-0.3, -0.25) is 9.69 Å². The van der Waals surface area contributed by atoms with Gasteiger partial charge in [-0.15, -0.1) is 0 Å². The highest BCUT2D eigenvalue weighted by Crippen LogP contribution is 2.30. The van der Waals surface area contributed by atoms with Gasteiger partial charge in [0, 0.05) is 18.5 Å². The van der Waals surface area contributed by atoms with Gasteiger partial charge in [-0.2, -0.15) is 11.3 Å². The third-order valence-electron chi connectivity index (χ3n) is 3.97. The van der Waals surface area contributed by atoms with Crippen LogP contribution >= 0.6 is 11.3 Å². The second-order valence-electron chi connectivity index (χ2n) is 4.97. The van der Waals surface area contributed by atoms with Crippen molar-refractivity contribution in [1.82, 2.24) is 10.2 Å². The maximum Gasteiger partial charge on any atom is 0.241 e. The molecule has 92 valence electrons. The monoisotopic (exact) mass is 251 g/mol. The smallest absolute Gasteiger partial charge is 0.241 e. The van der Waals surface area contributed by atoms with E-state index < -0.39 is 0 Å². The van der Waals surface area contributed by atoms with Gasteiger partial charge in [-0.25, -0.2) is 0 Å². The minimum atomic E-state index is 0.135. The first-order valence-corrected chi connectivity index (χ1v) is 6.90. The molecule has 1 aromatic rings. The molecule has 1 amide bonds. The average Bonchev–Trinajstić information content (AvgIpc) is 2.96. The summed E-state index contributed by atoms with van der Waals surface area (Å²) in [5.74, 6) is 0.212. The summed E-state index contributed by atoms with van der Waals surface area (Å²) in [6.07, 6.45) is 1.12. The molecule has 1 unspecified atom stereocenters. The number of likely N-dealkylation sites (N-methyl/N-ethyl adjacent to an activating group) is 1. The SMILES string of the molecule is CN1CC(=O)N(c2ccsc2)CC12CCNC2. The fourth-order valence-electron chi connectivity index (χ4n) is 2.80. The van der Waals surface area contributed by atoms with Crippen LogP contribution in [-0.4, -0.2) is 49.6 Å². The Morgan fingerprint density at radius 2 is 2.41 bits per heavy atom. The van der Waals surface area contributed by atoms with E-state index in [-0.39, 0.29) is 11.4 Å². The van der Waals surface area contributed by atoms with Crippen molar-refractivity contribution in [2.45, 2.75) is 12.0 Å². The summed E-state index contributed by atoms with van der Waals surface area (Å²) in [5.41, 5.74) is 1.19. The Morgan fingerprint density at radius 3 is 3.06 bits per heavy atom. The van der Waals surface area contributed by atoms with Crippen molar-refractivity contribution in [3.05, 3.63) is 16.8 Å². The molecule has 5 heteroatoms. The van der Waals surface area contributed by atoms with Crippen molar-refractivity contribution >= 4 is 22.9 Å². The van der Waals surface area contributed by atoms with Crippen molar-refractivity contribution in [3.8, 4) is 0 Å². The largest absolute Gasteiger partial charge is 0.315 e. The van der Waals surface area contributed by atoms with Crippen LogP contribution in [-0.2, 0) is 4.79 Å². The molecule has 2 fully saturated rings. The molecule has 2 aliphatic rings. The molecule has 3 heterocycles. The summed E-state index contributed by atoms with van der Waals surface area (Å²) >= 11 is 1.64. The van der Waals surface area contributed by atoms with Gasteiger partial charge in [0.15, 0.2) is 0 Å². The number of piperazine rings is 1. The van der Waals surface area contributed by atoms with E-state index in [2.05, 4.69) is 22.6 Å². The molecule has 0 bridgehead atoms. The van der Waals surface area contributed by atoms with Crippen molar-refractivity contribution in [1.29, 1.82) is 0 Å². The van der Waals surface area contributed by atoms with Gasteiger partial charge >= 0.3 is 0 Å². The van der Waals surface area contributed by atoms with Gasteiger partial charge in [0.05, 0.1) is 17.8 Å². The van der Waals surface area contributed by atoms with Gasteiger partial charge in [-0.1, -0.05) is 0 Å². The predicted molar refractivity (Wildman–Crippen MR) is 69.5 cm³/mol. The van der Waals surface area contributed by atoms with Gasteiger partial charge in [-0.05, 0) is 31.5 Å². The zero-order chi connectivity index (χ0) is 11.9. The van der Waals surface area contributed by atoms with Crippen molar-refractivity contribution < 1.29 is 4.79 Å². The molecule has 17 heavy (non-hydrogen) atoms. The maximum absolute atomic E-state index is 12.1. The van der Waals surface area contributed by atoms with Gasteiger partial charge in [0.25, 0.3) is 0 Å². The van der Waals surface area contributed by atoms with Crippen molar-refractivity contribution in [3.63, 3.8) is 0 Å². The number of carbonyl (C=O) groups excluding carboxylic acids is 1. The lowest BCUT2D eigenvalue weighted by atomic mass is 9.93. The van der Waals surface area contributed by atoms with Crippen LogP contribution in [0.25, 0.3) is 0 Å². The summed E-state index contributed by atoms with van der Waals surface area (Å²) in [6, 6.07) is 2.03. The van der Waals surface area contributed by atoms with Crippen molar-refractivity contribution in [2.24, 2.45) is 0 Å². The molecule has 1 spiro atoms. The van der Waals surface area contributed by atoms with Crippen LogP contribution in [0.5, 0.6) is 0 Å². The minimum Gasteiger partial charge on any atom is -0.315 e. The van der Waals surface area contributed by atoms with Crippen LogP contribution in [0, 0.1) is 0 Å². The summed E-state index contributed by atoms with van der Waals surface area (Å²) in [4.78, 5) is 16.3. The number of nitrogens with one attached hydrogen (secondary N) is 1. The molecule has 0 aliphatic carbocycles. The molecule has 0 aromatic carbocycles. The summed E-state index contributed by atoms with van der Waals surface area (Å²) in [5, 5.41) is 7.50. The Hall–Kier alpha value is -0.910. The fourth-order valence-corrected chi connectivity index (χ4v) is 3.44. The van der Waals surface area contributed by atoms with Crippen LogP contribution < -0.4 is 10.2 Å². The molecule has 0 radical (unpaired) electrons. The van der Waals surface area contributed by atoms with Crippen molar-refractivity contribution in [2.75, 3.05) is 38.1 Å². The summed E-state index contributed by atoms with van der Waals surface area (Å²) < 4.78 is 0. The molecule has 2 aliphatic heterocycles. The number of hydrogen-bond donors (Lipinski definition) is 1. The Labute approximate surface area is 105 Å². The third kappa shape index (κ3) is 1.78. The lowest BCUT2D eigenvalue weighted by Crippen LogP contribution is -2.64. The quantitative estimate of drug-likeness (QED) is 0.800. The second kappa shape index (κ2) is 4.08. The number of rotatable bonds is 1. The number of carbonyl (C=O) groups is 1. The molecule has 0 saturated carbocycles. The van der Waals surface area contributed by atoms with E-state index >= 15 is 0 Å². The lowest BCUT2D eigenvalue weighted by Gasteiger charge is -2.46. The lowest BCUT2D eigenvalue weighted by molar-refractivity contribution is -0.123. The van der Waals surface area contributed by atoms with Crippen LogP contribution in [0.1, 0.15) is 6.42 Å². The highest BCUT2D eigenvalue weighted by molar-refractivity contribution is 7.08. The van der Waals surface area contributed by atoms with Gasteiger partial charge in [0.1, 0.15) is 0 Å². The fraction of sp³-hybridized carbons (Fsp3) is 0.583. The van der Waals surface area contributed by atoms with Gasteiger partial charge in [0.2, 0.25) is 5.91 Å². The summed E-state index contributed by atoms with van der Waals surface area (Å²) in [7, 11) is 2.07. The Kier molecular flexibility index (Phi) is 2.69. The molecular formula is C12H17N3OS. The van der Waals surface area contributed by atoms with Crippen LogP contribution in [0.2, 0.25) is 0 Å². The molecule has 2 saturated heterocycles. The van der Waals surface area contributed by atoms with Crippen LogP contribution in [0.3, 0.4) is 0 Å². The first-order valence-electron chi connectivity index (χ1n) is 5.96. The Balaban J connectivity index is 1.88. The molecule has 1 atom stereocenters. The van der Waals surface area contributed by atoms with E-state index in [1.54, 1.807) is 11.3 Å². The maximum atomic E-state index is 12.1. The van der Waals surface area contributed by atoms with E-state index in [4.69, 9.17) is 0 Å². The zero-order valence-electron chi connectivity index (χ0n) is 9.98. The number of hydrogen-bond acceptors (Lipinski definition) is 4. The van der Waals surface area contributed by atoms with E-state index in [0.29, 0.717) is 6.54 Å². The van der Waals surface area contributed by atoms with E-state index in [0.717, 1.165) is 31.7 Å². The predicted octanol–water partition coefficient (Wildman–Crippen LogP) is 0.759. The minimum absolute atomic E-state index is 0.135. The standard InChI is InChI=1S/C12H17N3OS/c1-14-6-11(16)15(10-2-5-17-7-10)9-12(14)3-4-13-8-12/h2,5,7,13H,3-4,6,8-9H2,1H3. The zero-order valence-corrected chi connectivity index (χ0v) is 10.8. The van der Waals surface area contributed by atoms with E-state index in [1.807, 2.05) is 16.3 Å². The topological polar surface area (TPSA) is 35.6 Å². The molecule has 4 nitrogen and oxygen atoms in total. The third-order valence-corrected chi connectivity index (χ3v) is 4.65. The van der Waals surface area contributed by atoms with Crippen LogP contribution in [0.4, 0.5) is 5.69 Å². The number of nitrogens with zero attached hydrogens (tertiary/aromatic N) is 2. The van der Waals surface area contributed by atoms with E-state index in [1.165, 1.54) is 0 Å². The van der Waals surface area contributed by atoms with Crippen LogP contribution in [0.15, 0.2) is 16.8 Å². The highest BCUT2D eigenvalue weighted by Gasteiger charge is 2.45.